The number of hydrogen-bond acceptors (Lipinski definition) is 3. The standard InChI is InChI=1S/C13H7BrClFN2O3/c14-12-8(2-1-3-11(12)18(20)21)13(19)17-7-4-5-9(15)10(16)6-7/h1-6H,(H,17,19). The minimum absolute atomic E-state index is 0.0573. The molecule has 108 valence electrons. The zero-order valence-electron chi connectivity index (χ0n) is 10.3. The highest BCUT2D eigenvalue weighted by Gasteiger charge is 2.19. The predicted octanol–water partition coefficient (Wildman–Crippen LogP) is 4.40. The van der Waals surface area contributed by atoms with Crippen LogP contribution in [0, 0.1) is 15.9 Å². The number of nitrogens with one attached hydrogen (secondary N) is 1. The molecule has 0 bridgehead atoms. The summed E-state index contributed by atoms with van der Waals surface area (Å²) in [7, 11) is 0. The van der Waals surface area contributed by atoms with Crippen LogP contribution in [0.15, 0.2) is 40.9 Å². The number of nitrogens with zero attached hydrogens (tertiary/aromatic N) is 1. The van der Waals surface area contributed by atoms with Gasteiger partial charge in [-0.15, -0.1) is 0 Å². The zero-order valence-corrected chi connectivity index (χ0v) is 12.6. The fraction of sp³-hybridized carbons (Fsp3) is 0. The maximum absolute atomic E-state index is 13.3. The summed E-state index contributed by atoms with van der Waals surface area (Å²) in [6.07, 6.45) is 0. The van der Waals surface area contributed by atoms with Crippen molar-refractivity contribution in [2.24, 2.45) is 0 Å². The van der Waals surface area contributed by atoms with Crippen LogP contribution in [0.2, 0.25) is 5.02 Å². The van der Waals surface area contributed by atoms with Crippen molar-refractivity contribution >= 4 is 44.8 Å². The Hall–Kier alpha value is -1.99. The van der Waals surface area contributed by atoms with Crippen molar-refractivity contribution in [2.75, 3.05) is 5.32 Å². The molecule has 0 aliphatic heterocycles. The highest BCUT2D eigenvalue weighted by Crippen LogP contribution is 2.29. The molecular formula is C13H7BrClFN2O3. The van der Waals surface area contributed by atoms with Gasteiger partial charge in [0.1, 0.15) is 10.3 Å². The number of carbonyl (C=O) groups is 1. The fourth-order valence-corrected chi connectivity index (χ4v) is 2.32. The molecule has 0 heterocycles. The molecule has 2 aromatic rings. The molecule has 1 amide bonds. The predicted molar refractivity (Wildman–Crippen MR) is 80.2 cm³/mol. The molecule has 0 spiro atoms. The van der Waals surface area contributed by atoms with Crippen molar-refractivity contribution in [3.63, 3.8) is 0 Å². The second-order valence-electron chi connectivity index (χ2n) is 3.98. The Morgan fingerprint density at radius 1 is 1.33 bits per heavy atom. The smallest absolute Gasteiger partial charge is 0.284 e. The second kappa shape index (κ2) is 6.19. The zero-order chi connectivity index (χ0) is 15.6. The second-order valence-corrected chi connectivity index (χ2v) is 5.18. The van der Waals surface area contributed by atoms with Gasteiger partial charge in [0.15, 0.2) is 0 Å². The number of carbonyl (C=O) groups excluding carboxylic acids is 1. The molecular weight excluding hydrogens is 367 g/mol. The van der Waals surface area contributed by atoms with Gasteiger partial charge < -0.3 is 5.32 Å². The SMILES string of the molecule is O=C(Nc1ccc(Cl)c(F)c1)c1cccc([N+](=O)[O-])c1Br. The Kier molecular flexibility index (Phi) is 4.54. The first kappa shape index (κ1) is 15.4. The van der Waals surface area contributed by atoms with Crippen LogP contribution < -0.4 is 5.32 Å². The third-order valence-electron chi connectivity index (χ3n) is 2.60. The number of benzene rings is 2. The summed E-state index contributed by atoms with van der Waals surface area (Å²) in [4.78, 5) is 22.3. The minimum Gasteiger partial charge on any atom is -0.322 e. The van der Waals surface area contributed by atoms with Crippen molar-refractivity contribution in [2.45, 2.75) is 0 Å². The number of hydrogen-bond donors (Lipinski definition) is 1. The van der Waals surface area contributed by atoms with Gasteiger partial charge in [-0.2, -0.15) is 0 Å². The first-order valence-corrected chi connectivity index (χ1v) is 6.76. The van der Waals surface area contributed by atoms with E-state index in [2.05, 4.69) is 21.2 Å². The van der Waals surface area contributed by atoms with E-state index in [-0.39, 0.29) is 26.4 Å². The largest absolute Gasteiger partial charge is 0.322 e. The number of rotatable bonds is 3. The molecule has 0 unspecified atom stereocenters. The molecule has 0 aliphatic rings. The molecule has 0 aromatic heterocycles. The van der Waals surface area contributed by atoms with E-state index in [1.807, 2.05) is 0 Å². The molecule has 1 N–H and O–H groups in total. The number of anilines is 1. The maximum Gasteiger partial charge on any atom is 0.284 e. The highest BCUT2D eigenvalue weighted by molar-refractivity contribution is 9.10. The van der Waals surface area contributed by atoms with E-state index in [1.54, 1.807) is 0 Å². The first-order valence-electron chi connectivity index (χ1n) is 5.59. The van der Waals surface area contributed by atoms with Gasteiger partial charge in [-0.25, -0.2) is 4.39 Å². The Morgan fingerprint density at radius 3 is 2.67 bits per heavy atom. The molecule has 2 rings (SSSR count). The van der Waals surface area contributed by atoms with Gasteiger partial charge in [0.25, 0.3) is 11.6 Å². The van der Waals surface area contributed by atoms with Gasteiger partial charge in [0, 0.05) is 11.8 Å². The summed E-state index contributed by atoms with van der Waals surface area (Å²) in [6, 6.07) is 7.86. The third kappa shape index (κ3) is 3.37. The van der Waals surface area contributed by atoms with Crippen molar-refractivity contribution in [1.29, 1.82) is 0 Å². The number of amides is 1. The average Bonchev–Trinajstić information content (AvgIpc) is 2.42. The lowest BCUT2D eigenvalue weighted by Crippen LogP contribution is -2.13. The summed E-state index contributed by atoms with van der Waals surface area (Å²) < 4.78 is 13.4. The van der Waals surface area contributed by atoms with E-state index < -0.39 is 16.6 Å². The van der Waals surface area contributed by atoms with E-state index in [0.717, 1.165) is 6.07 Å². The quantitative estimate of drug-likeness (QED) is 0.640. The van der Waals surface area contributed by atoms with Crippen LogP contribution in [0.3, 0.4) is 0 Å². The molecule has 0 radical (unpaired) electrons. The lowest BCUT2D eigenvalue weighted by atomic mass is 10.2. The monoisotopic (exact) mass is 372 g/mol. The van der Waals surface area contributed by atoms with Crippen LogP contribution in [0.1, 0.15) is 10.4 Å². The van der Waals surface area contributed by atoms with Crippen molar-refractivity contribution in [1.82, 2.24) is 0 Å². The van der Waals surface area contributed by atoms with Crippen LogP contribution in [0.4, 0.5) is 15.8 Å². The fourth-order valence-electron chi connectivity index (χ4n) is 1.61. The Labute approximate surface area is 132 Å². The summed E-state index contributed by atoms with van der Waals surface area (Å²) in [5, 5.41) is 13.2. The molecule has 5 nitrogen and oxygen atoms in total. The van der Waals surface area contributed by atoms with Crippen molar-refractivity contribution < 1.29 is 14.1 Å². The van der Waals surface area contributed by atoms with Gasteiger partial charge in [0.2, 0.25) is 0 Å². The number of nitro benzene ring substituents is 1. The lowest BCUT2D eigenvalue weighted by Gasteiger charge is -2.07. The lowest BCUT2D eigenvalue weighted by molar-refractivity contribution is -0.385. The van der Waals surface area contributed by atoms with Gasteiger partial charge in [-0.3, -0.25) is 14.9 Å². The highest BCUT2D eigenvalue weighted by atomic mass is 79.9. The third-order valence-corrected chi connectivity index (χ3v) is 3.74. The average molecular weight is 374 g/mol. The van der Waals surface area contributed by atoms with E-state index in [1.165, 1.54) is 30.3 Å². The van der Waals surface area contributed by atoms with Crippen molar-refractivity contribution in [3.8, 4) is 0 Å². The Bertz CT molecular complexity index is 739. The van der Waals surface area contributed by atoms with Gasteiger partial charge >= 0.3 is 0 Å². The summed E-state index contributed by atoms with van der Waals surface area (Å²) in [6.45, 7) is 0. The van der Waals surface area contributed by atoms with Crippen LogP contribution in [0.25, 0.3) is 0 Å². The van der Waals surface area contributed by atoms with E-state index in [4.69, 9.17) is 11.6 Å². The Balaban J connectivity index is 2.30. The summed E-state index contributed by atoms with van der Waals surface area (Å²) in [5.41, 5.74) is 0.0322. The molecule has 0 atom stereocenters. The van der Waals surface area contributed by atoms with Gasteiger partial charge in [-0.05, 0) is 40.2 Å². The number of nitro groups is 1. The molecule has 2 aromatic carbocycles. The van der Waals surface area contributed by atoms with Crippen LogP contribution in [0.5, 0.6) is 0 Å². The molecule has 0 fully saturated rings. The number of halogens is 3. The molecule has 0 saturated carbocycles. The molecule has 8 heteroatoms. The molecule has 21 heavy (non-hydrogen) atoms. The van der Waals surface area contributed by atoms with E-state index in [9.17, 15) is 19.3 Å². The summed E-state index contributed by atoms with van der Waals surface area (Å²) in [5.74, 6) is -1.28. The van der Waals surface area contributed by atoms with Gasteiger partial charge in [-0.1, -0.05) is 17.7 Å². The van der Waals surface area contributed by atoms with Crippen LogP contribution in [-0.4, -0.2) is 10.8 Å². The van der Waals surface area contributed by atoms with Crippen molar-refractivity contribution in [3.05, 3.63) is 67.4 Å². The topological polar surface area (TPSA) is 72.2 Å². The van der Waals surface area contributed by atoms with Gasteiger partial charge in [0.05, 0.1) is 15.5 Å². The van der Waals surface area contributed by atoms with Crippen LogP contribution >= 0.6 is 27.5 Å². The van der Waals surface area contributed by atoms with E-state index >= 15 is 0 Å². The molecule has 0 aliphatic carbocycles. The van der Waals surface area contributed by atoms with Crippen LogP contribution in [-0.2, 0) is 0 Å². The molecule has 0 saturated heterocycles. The first-order chi connectivity index (χ1) is 9.90. The summed E-state index contributed by atoms with van der Waals surface area (Å²) >= 11 is 8.57. The minimum atomic E-state index is -0.674. The maximum atomic E-state index is 13.3. The normalized spacial score (nSPS) is 10.2. The Morgan fingerprint density at radius 2 is 2.05 bits per heavy atom. The van der Waals surface area contributed by atoms with E-state index in [0.29, 0.717) is 0 Å².